The van der Waals surface area contributed by atoms with Crippen LogP contribution in [0.15, 0.2) is 85.7 Å². The van der Waals surface area contributed by atoms with Crippen molar-refractivity contribution in [2.75, 3.05) is 45.0 Å². The molecule has 6 rings (SSSR count). The van der Waals surface area contributed by atoms with Gasteiger partial charge in [0.05, 0.1) is 30.9 Å². The minimum atomic E-state index is -2.23. The fourth-order valence-corrected chi connectivity index (χ4v) is 3.82. The lowest BCUT2D eigenvalue weighted by Gasteiger charge is -2.10. The maximum atomic E-state index is 9.46. The van der Waals surface area contributed by atoms with Gasteiger partial charge in [0.1, 0.15) is 34.4 Å². The molecule has 39 heavy (non-hydrogen) atoms. The van der Waals surface area contributed by atoms with Crippen LogP contribution in [0.2, 0.25) is 0 Å². The molecule has 0 saturated carbocycles. The van der Waals surface area contributed by atoms with Gasteiger partial charge in [0.2, 0.25) is 0 Å². The van der Waals surface area contributed by atoms with E-state index in [1.807, 2.05) is 35.0 Å². The van der Waals surface area contributed by atoms with E-state index in [0.717, 1.165) is 38.0 Å². The van der Waals surface area contributed by atoms with Gasteiger partial charge in [-0.15, -0.1) is 0 Å². The van der Waals surface area contributed by atoms with Crippen LogP contribution < -0.4 is 14.5 Å². The first-order chi connectivity index (χ1) is 21.2. The number of ether oxygens (including phenoxy) is 1. The highest BCUT2D eigenvalue weighted by Crippen LogP contribution is 2.23. The van der Waals surface area contributed by atoms with Gasteiger partial charge < -0.3 is 28.4 Å². The maximum absolute atomic E-state index is 9.46. The molecule has 0 spiro atoms. The SMILES string of the molecule is [3H]C([3H])([3H])N(C)c1ccc(-c2cn3cc(O)ccc3n2)cn1.[3H]C([3H])([3H])N(C)c1ccc(-c2cn3cc(OC)ccc3n2)cn1. The molecule has 6 heterocycles. The van der Waals surface area contributed by atoms with Crippen LogP contribution in [0.4, 0.5) is 11.6 Å². The molecule has 0 aliphatic carbocycles. The molecule has 0 aliphatic heterocycles. The number of rotatable bonds is 5. The first-order valence-electron chi connectivity index (χ1n) is 14.8. The number of anilines is 2. The first-order valence-corrected chi connectivity index (χ1v) is 11.8. The van der Waals surface area contributed by atoms with Crippen LogP contribution in [-0.4, -0.2) is 69.0 Å². The lowest BCUT2D eigenvalue weighted by Crippen LogP contribution is -2.09. The van der Waals surface area contributed by atoms with Gasteiger partial charge in [0, 0.05) is 72.2 Å². The maximum Gasteiger partial charge on any atom is 0.137 e. The smallest absolute Gasteiger partial charge is 0.137 e. The number of aromatic nitrogens is 6. The summed E-state index contributed by atoms with van der Waals surface area (Å²) in [5.41, 5.74) is 4.54. The van der Waals surface area contributed by atoms with Gasteiger partial charge in [0.15, 0.2) is 0 Å². The van der Waals surface area contributed by atoms with Crippen molar-refractivity contribution in [2.45, 2.75) is 0 Å². The Balaban J connectivity index is 0.000000178. The molecule has 0 atom stereocenters. The normalized spacial score (nSPS) is 13.7. The predicted octanol–water partition coefficient (Wildman–Crippen LogP) is 4.64. The summed E-state index contributed by atoms with van der Waals surface area (Å²) in [6.07, 6.45) is 10.3. The molecule has 0 aromatic carbocycles. The number of nitrogens with zero attached hydrogens (tertiary/aromatic N) is 8. The molecule has 0 unspecified atom stereocenters. The predicted molar refractivity (Wildman–Crippen MR) is 154 cm³/mol. The average Bonchev–Trinajstić information content (AvgIpc) is 3.63. The molecule has 0 saturated heterocycles. The van der Waals surface area contributed by atoms with E-state index >= 15 is 0 Å². The average molecular weight is 535 g/mol. The summed E-state index contributed by atoms with van der Waals surface area (Å²) in [7, 11) is 4.58. The van der Waals surface area contributed by atoms with E-state index < -0.39 is 14.0 Å². The van der Waals surface area contributed by atoms with E-state index in [-0.39, 0.29) is 5.75 Å². The van der Waals surface area contributed by atoms with E-state index in [1.165, 1.54) is 14.1 Å². The van der Waals surface area contributed by atoms with Gasteiger partial charge in [-0.05, 0) is 48.5 Å². The van der Waals surface area contributed by atoms with Gasteiger partial charge in [-0.25, -0.2) is 19.9 Å². The number of pyridine rings is 4. The summed E-state index contributed by atoms with van der Waals surface area (Å²) in [5.74, 6) is 1.66. The van der Waals surface area contributed by atoms with Crippen LogP contribution in [0, 0.1) is 0 Å². The van der Waals surface area contributed by atoms with Crippen molar-refractivity contribution in [3.63, 3.8) is 0 Å². The van der Waals surface area contributed by atoms with Crippen molar-refractivity contribution in [1.29, 1.82) is 0 Å². The van der Waals surface area contributed by atoms with Crippen LogP contribution >= 0.6 is 0 Å². The molecule has 10 nitrogen and oxygen atoms in total. The minimum Gasteiger partial charge on any atom is -0.506 e. The van der Waals surface area contributed by atoms with Gasteiger partial charge in [0.25, 0.3) is 0 Å². The summed E-state index contributed by atoms with van der Waals surface area (Å²) in [6.45, 7) is -4.44. The van der Waals surface area contributed by atoms with E-state index in [2.05, 4.69) is 19.9 Å². The Labute approximate surface area is 234 Å². The van der Waals surface area contributed by atoms with Crippen molar-refractivity contribution < 1.29 is 18.1 Å². The van der Waals surface area contributed by atoms with Crippen molar-refractivity contribution in [3.05, 3.63) is 85.7 Å². The molecule has 0 amide bonds. The zero-order chi connectivity index (χ0) is 32.5. The highest BCUT2D eigenvalue weighted by atomic mass is 16.5. The number of hydrogen-bond acceptors (Lipinski definition) is 8. The van der Waals surface area contributed by atoms with Crippen LogP contribution in [0.5, 0.6) is 11.5 Å². The second-order valence-electron chi connectivity index (χ2n) is 8.67. The van der Waals surface area contributed by atoms with Gasteiger partial charge >= 0.3 is 0 Å². The monoisotopic (exact) mass is 534 g/mol. The summed E-state index contributed by atoms with van der Waals surface area (Å²) in [6, 6.07) is 13.9. The lowest BCUT2D eigenvalue weighted by atomic mass is 10.2. The van der Waals surface area contributed by atoms with Crippen LogP contribution in [0.3, 0.4) is 0 Å². The van der Waals surface area contributed by atoms with Crippen molar-refractivity contribution in [1.82, 2.24) is 28.7 Å². The Morgan fingerprint density at radius 1 is 0.718 bits per heavy atom. The molecular weight excluding hydrogens is 492 g/mol. The summed E-state index contributed by atoms with van der Waals surface area (Å²) < 4.78 is 53.1. The quantitative estimate of drug-likeness (QED) is 0.342. The number of fused-ring (bicyclic) bond motifs is 2. The molecule has 10 heteroatoms. The molecule has 1 N–H and O–H groups in total. The molecule has 6 aromatic rings. The van der Waals surface area contributed by atoms with Gasteiger partial charge in [-0.2, -0.15) is 0 Å². The second kappa shape index (κ2) is 10.7. The molecule has 6 aromatic heterocycles. The minimum absolute atomic E-state index is 0.157. The highest BCUT2D eigenvalue weighted by molar-refractivity contribution is 5.64. The fourth-order valence-electron chi connectivity index (χ4n) is 3.82. The summed E-state index contributed by atoms with van der Waals surface area (Å²) >= 11 is 0. The number of imidazole rings is 2. The Hall–Kier alpha value is -5.12. The topological polar surface area (TPSA) is 96.3 Å². The third-order valence-corrected chi connectivity index (χ3v) is 5.87. The number of methoxy groups -OCH3 is 1. The third kappa shape index (κ3) is 5.59. The second-order valence-corrected chi connectivity index (χ2v) is 8.67. The Bertz CT molecular complexity index is 1920. The van der Waals surface area contributed by atoms with E-state index in [4.69, 9.17) is 13.0 Å². The summed E-state index contributed by atoms with van der Waals surface area (Å²) in [5, 5.41) is 9.46. The molecule has 198 valence electrons. The largest absolute Gasteiger partial charge is 0.506 e. The molecule has 0 aliphatic rings. The van der Waals surface area contributed by atoms with Crippen LogP contribution in [0.25, 0.3) is 33.8 Å². The zero-order valence-corrected chi connectivity index (χ0v) is 21.5. The number of aromatic hydroxyl groups is 1. The van der Waals surface area contributed by atoms with Gasteiger partial charge in [-0.3, -0.25) is 0 Å². The molecule has 0 bridgehead atoms. The Kier molecular flexibility index (Phi) is 5.22. The van der Waals surface area contributed by atoms with E-state index in [1.54, 1.807) is 66.6 Å². The van der Waals surface area contributed by atoms with Crippen molar-refractivity contribution in [3.8, 4) is 34.0 Å². The Morgan fingerprint density at radius 2 is 1.26 bits per heavy atom. The van der Waals surface area contributed by atoms with Crippen molar-refractivity contribution >= 4 is 22.9 Å². The third-order valence-electron chi connectivity index (χ3n) is 5.87. The molecular formula is C29H30N8O2. The zero-order valence-electron chi connectivity index (χ0n) is 27.5. The van der Waals surface area contributed by atoms with Crippen LogP contribution in [0.1, 0.15) is 8.22 Å². The highest BCUT2D eigenvalue weighted by Gasteiger charge is 2.07. The lowest BCUT2D eigenvalue weighted by molar-refractivity contribution is 0.412. The number of hydrogen-bond donors (Lipinski definition) is 1. The van der Waals surface area contributed by atoms with E-state index in [0.29, 0.717) is 23.0 Å². The van der Waals surface area contributed by atoms with Crippen molar-refractivity contribution in [2.24, 2.45) is 0 Å². The summed E-state index contributed by atoms with van der Waals surface area (Å²) in [4.78, 5) is 19.6. The molecule has 0 radical (unpaired) electrons. The Morgan fingerprint density at radius 3 is 1.74 bits per heavy atom. The standard InChI is InChI=1S/C15H16N4O.C14H14N4O/c1-18(2)14-6-4-11(8-16-14)13-10-19-9-12(20-3)5-7-15(19)17-13;1-17(2)13-5-3-10(7-15-13)12-9-18-8-11(19)4-6-14(18)16-12/h4-10H,1-3H3;3-9,19H,1-2H3/i2*1T3. The van der Waals surface area contributed by atoms with Crippen LogP contribution in [-0.2, 0) is 0 Å². The molecule has 0 fully saturated rings. The first kappa shape index (κ1) is 19.0. The van der Waals surface area contributed by atoms with E-state index in [9.17, 15) is 5.11 Å². The van der Waals surface area contributed by atoms with Gasteiger partial charge in [-0.1, -0.05) is 0 Å². The fraction of sp³-hybridized carbons (Fsp3) is 0.172.